The van der Waals surface area contributed by atoms with Crippen LogP contribution in [-0.4, -0.2) is 46.2 Å². The number of rotatable bonds is 10. The third-order valence-electron chi connectivity index (χ3n) is 7.77. The van der Waals surface area contributed by atoms with E-state index in [2.05, 4.69) is 72.8 Å². The van der Waals surface area contributed by atoms with Crippen LogP contribution in [0.25, 0.3) is 22.3 Å². The fraction of sp³-hybridized carbons (Fsp3) is 0.250. The minimum atomic E-state index is -0.486. The highest BCUT2D eigenvalue weighted by Gasteiger charge is 2.34. The van der Waals surface area contributed by atoms with E-state index in [-0.39, 0.29) is 13.2 Å². The van der Waals surface area contributed by atoms with Crippen molar-refractivity contribution >= 4 is 9.52 Å². The molecule has 2 N–H and O–H groups in total. The van der Waals surface area contributed by atoms with Crippen molar-refractivity contribution in [3.8, 4) is 33.8 Å². The summed E-state index contributed by atoms with van der Waals surface area (Å²) in [5.41, 5.74) is 10.5. The maximum Gasteiger partial charge on any atom is 0.123 e. The van der Waals surface area contributed by atoms with Gasteiger partial charge in [-0.25, -0.2) is 0 Å². The molecule has 6 rings (SSSR count). The van der Waals surface area contributed by atoms with Gasteiger partial charge in [0.25, 0.3) is 0 Å². The predicted octanol–water partition coefficient (Wildman–Crippen LogP) is 5.36. The average Bonchev–Trinajstić information content (AvgIpc) is 3.44. The Hall–Kier alpha value is -3.38. The maximum absolute atomic E-state index is 9.37. The first kappa shape index (κ1) is 24.0. The summed E-state index contributed by atoms with van der Waals surface area (Å²) in [6.07, 6.45) is 0. The van der Waals surface area contributed by atoms with Gasteiger partial charge in [0, 0.05) is 32.5 Å². The lowest BCUT2D eigenvalue weighted by molar-refractivity contribution is 0.200. The van der Waals surface area contributed by atoms with Gasteiger partial charge in [-0.2, -0.15) is 0 Å². The van der Waals surface area contributed by atoms with Crippen molar-refractivity contribution in [2.24, 2.45) is 0 Å². The van der Waals surface area contributed by atoms with E-state index in [0.29, 0.717) is 25.0 Å². The lowest BCUT2D eigenvalue weighted by Gasteiger charge is -2.20. The molecule has 0 aromatic heterocycles. The third-order valence-corrected chi connectivity index (χ3v) is 9.74. The third kappa shape index (κ3) is 4.27. The molecule has 0 amide bonds. The number of hydrogen-bond donors (Lipinski definition) is 2. The van der Waals surface area contributed by atoms with Gasteiger partial charge in [0.15, 0.2) is 0 Å². The zero-order valence-electron chi connectivity index (χ0n) is 20.9. The van der Waals surface area contributed by atoms with Crippen molar-refractivity contribution in [2.75, 3.05) is 26.4 Å². The summed E-state index contributed by atoms with van der Waals surface area (Å²) in [4.78, 5) is 0. The highest BCUT2D eigenvalue weighted by atomic mass is 28.2. The average molecular weight is 509 g/mol. The van der Waals surface area contributed by atoms with Crippen LogP contribution in [0.2, 0.25) is 12.1 Å². The molecule has 0 aliphatic heterocycles. The molecule has 2 aliphatic carbocycles. The van der Waals surface area contributed by atoms with Crippen LogP contribution in [0, 0.1) is 0 Å². The Morgan fingerprint density at radius 1 is 0.541 bits per heavy atom. The fourth-order valence-electron chi connectivity index (χ4n) is 6.37. The van der Waals surface area contributed by atoms with Crippen LogP contribution in [0.4, 0.5) is 0 Å². The van der Waals surface area contributed by atoms with Crippen LogP contribution in [0.1, 0.15) is 34.1 Å². The Morgan fingerprint density at radius 3 is 1.43 bits per heavy atom. The molecule has 2 unspecified atom stereocenters. The second-order valence-electron chi connectivity index (χ2n) is 9.79. The number of benzene rings is 4. The highest BCUT2D eigenvalue weighted by molar-refractivity contribution is 6.36. The maximum atomic E-state index is 9.37. The molecule has 0 saturated heterocycles. The summed E-state index contributed by atoms with van der Waals surface area (Å²) in [5.74, 6) is 2.45. The molecular weight excluding hydrogens is 476 g/mol. The standard InChI is InChI=1S/C32H32O4Si/c33-15-17-35-29-13-5-11-25-21-7-1-3-9-23(21)27(31(25)29)19-37-20-28-24-10-4-2-8-22(24)26-12-6-14-30(32(26)28)36-18-16-34/h1-14,27-28,33-34H,15-20,37H2. The highest BCUT2D eigenvalue weighted by Crippen LogP contribution is 2.53. The van der Waals surface area contributed by atoms with Gasteiger partial charge < -0.3 is 19.7 Å². The Balaban J connectivity index is 1.30. The van der Waals surface area contributed by atoms with E-state index in [1.165, 1.54) is 44.5 Å². The first-order valence-corrected chi connectivity index (χ1v) is 15.2. The zero-order valence-corrected chi connectivity index (χ0v) is 22.3. The van der Waals surface area contributed by atoms with Crippen LogP contribution in [-0.2, 0) is 0 Å². The first-order chi connectivity index (χ1) is 18.3. The lowest BCUT2D eigenvalue weighted by Crippen LogP contribution is -2.10. The van der Waals surface area contributed by atoms with Crippen LogP contribution in [0.3, 0.4) is 0 Å². The SMILES string of the molecule is OCCOc1cccc2c1C(C[SiH2]CC1c3ccccc3-c3cccc(OCCO)c31)c1ccccc1-2. The van der Waals surface area contributed by atoms with Gasteiger partial charge in [-0.15, -0.1) is 0 Å². The number of hydrogen-bond acceptors (Lipinski definition) is 4. The van der Waals surface area contributed by atoms with Gasteiger partial charge in [0.05, 0.1) is 13.2 Å². The summed E-state index contributed by atoms with van der Waals surface area (Å²) in [6.45, 7) is 0.640. The molecule has 2 atom stereocenters. The summed E-state index contributed by atoms with van der Waals surface area (Å²) in [7, 11) is -0.486. The Labute approximate surface area is 220 Å². The molecule has 4 aromatic rings. The van der Waals surface area contributed by atoms with Crippen molar-refractivity contribution in [1.29, 1.82) is 0 Å². The molecule has 0 heterocycles. The summed E-state index contributed by atoms with van der Waals surface area (Å²) < 4.78 is 12.0. The normalized spacial score (nSPS) is 16.9. The molecule has 2 aliphatic rings. The Kier molecular flexibility index (Phi) is 6.83. The molecular formula is C32H32O4Si. The molecule has 0 radical (unpaired) electrons. The van der Waals surface area contributed by atoms with Crippen molar-refractivity contribution in [3.63, 3.8) is 0 Å². The first-order valence-electron chi connectivity index (χ1n) is 13.2. The van der Waals surface area contributed by atoms with Gasteiger partial charge >= 0.3 is 0 Å². The number of aliphatic hydroxyl groups excluding tert-OH is 2. The van der Waals surface area contributed by atoms with E-state index in [1.54, 1.807) is 0 Å². The molecule has 0 bridgehead atoms. The summed E-state index contributed by atoms with van der Waals surface area (Å²) >= 11 is 0. The quantitative estimate of drug-likeness (QED) is 0.283. The molecule has 5 heteroatoms. The molecule has 4 aromatic carbocycles. The largest absolute Gasteiger partial charge is 0.491 e. The summed E-state index contributed by atoms with van der Waals surface area (Å²) in [6, 6.07) is 32.4. The second kappa shape index (κ2) is 10.5. The molecule has 4 nitrogen and oxygen atoms in total. The molecule has 188 valence electrons. The minimum absolute atomic E-state index is 0.0111. The van der Waals surface area contributed by atoms with Gasteiger partial charge in [-0.05, 0) is 45.5 Å². The minimum Gasteiger partial charge on any atom is -0.491 e. The number of fused-ring (bicyclic) bond motifs is 6. The lowest BCUT2D eigenvalue weighted by atomic mass is 9.98. The van der Waals surface area contributed by atoms with Gasteiger partial charge in [-0.3, -0.25) is 0 Å². The monoisotopic (exact) mass is 508 g/mol. The van der Waals surface area contributed by atoms with E-state index < -0.39 is 9.52 Å². The van der Waals surface area contributed by atoms with E-state index in [4.69, 9.17) is 9.47 Å². The van der Waals surface area contributed by atoms with E-state index in [0.717, 1.165) is 23.6 Å². The van der Waals surface area contributed by atoms with Gasteiger partial charge in [-0.1, -0.05) is 84.9 Å². The van der Waals surface area contributed by atoms with Crippen molar-refractivity contribution in [1.82, 2.24) is 0 Å². The molecule has 37 heavy (non-hydrogen) atoms. The summed E-state index contributed by atoms with van der Waals surface area (Å²) in [5, 5.41) is 18.7. The predicted molar refractivity (Wildman–Crippen MR) is 151 cm³/mol. The Morgan fingerprint density at radius 2 is 0.973 bits per heavy atom. The topological polar surface area (TPSA) is 58.9 Å². The van der Waals surface area contributed by atoms with Gasteiger partial charge in [0.1, 0.15) is 24.7 Å². The van der Waals surface area contributed by atoms with Crippen molar-refractivity contribution < 1.29 is 19.7 Å². The fourth-order valence-corrected chi connectivity index (χ4v) is 8.62. The second-order valence-corrected chi connectivity index (χ2v) is 11.7. The van der Waals surface area contributed by atoms with E-state index in [9.17, 15) is 10.2 Å². The van der Waals surface area contributed by atoms with Crippen LogP contribution in [0.15, 0.2) is 84.9 Å². The zero-order chi connectivity index (χ0) is 25.2. The molecule has 0 fully saturated rings. The van der Waals surface area contributed by atoms with Crippen LogP contribution >= 0.6 is 0 Å². The number of aliphatic hydroxyl groups is 2. The molecule has 0 saturated carbocycles. The van der Waals surface area contributed by atoms with Gasteiger partial charge in [0.2, 0.25) is 0 Å². The molecule has 0 spiro atoms. The van der Waals surface area contributed by atoms with Crippen LogP contribution < -0.4 is 9.47 Å². The van der Waals surface area contributed by atoms with E-state index in [1.807, 2.05) is 12.1 Å². The Bertz CT molecular complexity index is 1310. The number of ether oxygens (including phenoxy) is 2. The van der Waals surface area contributed by atoms with Crippen LogP contribution in [0.5, 0.6) is 11.5 Å². The smallest absolute Gasteiger partial charge is 0.123 e. The van der Waals surface area contributed by atoms with Crippen molar-refractivity contribution in [3.05, 3.63) is 107 Å². The van der Waals surface area contributed by atoms with E-state index >= 15 is 0 Å². The van der Waals surface area contributed by atoms with Crippen molar-refractivity contribution in [2.45, 2.75) is 23.9 Å².